The first-order chi connectivity index (χ1) is 19.3. The SMILES string of the molecule is COc1cccc([C@H](C(=O)NC[C@@H]2CCCO2)N(C[C@@H]2CCCO2)C(=O)C[C@@H]2C(=O)c3ccccc3S2(=O)=O)c1. The summed E-state index contributed by atoms with van der Waals surface area (Å²) in [6.07, 6.45) is 2.22. The number of sulfone groups is 1. The molecule has 0 saturated carbocycles. The maximum absolute atomic E-state index is 14.0. The van der Waals surface area contributed by atoms with Gasteiger partial charge in [-0.25, -0.2) is 8.42 Å². The summed E-state index contributed by atoms with van der Waals surface area (Å²) in [4.78, 5) is 42.3. The number of Topliss-reactive ketones (excluding diaryl/α,β-unsaturated/α-hetero) is 1. The zero-order chi connectivity index (χ0) is 28.3. The van der Waals surface area contributed by atoms with Gasteiger partial charge in [-0.3, -0.25) is 14.4 Å². The Kier molecular flexibility index (Phi) is 8.53. The van der Waals surface area contributed by atoms with E-state index < -0.39 is 45.1 Å². The fraction of sp³-hybridized carbons (Fsp3) is 0.483. The number of nitrogens with zero attached hydrogens (tertiary/aromatic N) is 1. The zero-order valence-corrected chi connectivity index (χ0v) is 23.2. The molecule has 10 nitrogen and oxygen atoms in total. The molecule has 2 aromatic rings. The largest absolute Gasteiger partial charge is 0.497 e. The number of hydrogen-bond acceptors (Lipinski definition) is 8. The molecular formula is C29H34N2O8S. The molecule has 0 unspecified atom stereocenters. The first kappa shape index (κ1) is 28.3. The summed E-state index contributed by atoms with van der Waals surface area (Å²) in [5.41, 5.74) is 0.587. The van der Waals surface area contributed by atoms with Crippen molar-refractivity contribution < 1.29 is 37.0 Å². The second-order valence-corrected chi connectivity index (χ2v) is 12.4. The third kappa shape index (κ3) is 5.77. The van der Waals surface area contributed by atoms with Gasteiger partial charge in [0.25, 0.3) is 0 Å². The predicted molar refractivity (Wildman–Crippen MR) is 145 cm³/mol. The molecule has 3 aliphatic heterocycles. The van der Waals surface area contributed by atoms with E-state index in [1.807, 2.05) is 0 Å². The van der Waals surface area contributed by atoms with Crippen LogP contribution in [0.15, 0.2) is 53.4 Å². The Morgan fingerprint density at radius 2 is 1.77 bits per heavy atom. The van der Waals surface area contributed by atoms with Crippen molar-refractivity contribution in [1.29, 1.82) is 0 Å². The van der Waals surface area contributed by atoms with Crippen LogP contribution in [-0.2, 0) is 28.9 Å². The van der Waals surface area contributed by atoms with Gasteiger partial charge in [-0.1, -0.05) is 30.3 Å². The summed E-state index contributed by atoms with van der Waals surface area (Å²) >= 11 is 0. The Balaban J connectivity index is 1.47. The number of carbonyl (C=O) groups is 3. The summed E-state index contributed by atoms with van der Waals surface area (Å²) in [6, 6.07) is 11.8. The van der Waals surface area contributed by atoms with Gasteiger partial charge in [-0.05, 0) is 49.4 Å². The van der Waals surface area contributed by atoms with Crippen LogP contribution in [0.25, 0.3) is 0 Å². The van der Waals surface area contributed by atoms with Crippen molar-refractivity contribution in [2.45, 2.75) is 60.5 Å². The summed E-state index contributed by atoms with van der Waals surface area (Å²) in [7, 11) is -2.55. The van der Waals surface area contributed by atoms with Crippen LogP contribution < -0.4 is 10.1 Å². The van der Waals surface area contributed by atoms with Crippen molar-refractivity contribution in [2.24, 2.45) is 0 Å². The van der Waals surface area contributed by atoms with Crippen molar-refractivity contribution in [2.75, 3.05) is 33.4 Å². The molecule has 0 aromatic heterocycles. The molecule has 5 rings (SSSR count). The van der Waals surface area contributed by atoms with E-state index in [2.05, 4.69) is 5.32 Å². The average molecular weight is 571 g/mol. The first-order valence-electron chi connectivity index (χ1n) is 13.6. The number of nitrogens with one attached hydrogen (secondary N) is 1. The predicted octanol–water partition coefficient (Wildman–Crippen LogP) is 2.47. The molecular weight excluding hydrogens is 536 g/mol. The summed E-state index contributed by atoms with van der Waals surface area (Å²) in [6.45, 7) is 1.52. The number of ketones is 1. The second kappa shape index (κ2) is 12.1. The Labute approximate surface area is 233 Å². The molecule has 0 aliphatic carbocycles. The molecule has 2 saturated heterocycles. The van der Waals surface area contributed by atoms with E-state index >= 15 is 0 Å². The van der Waals surface area contributed by atoms with Gasteiger partial charge in [0.2, 0.25) is 11.8 Å². The number of rotatable bonds is 10. The maximum atomic E-state index is 14.0. The average Bonchev–Trinajstić information content (AvgIpc) is 3.71. The van der Waals surface area contributed by atoms with Crippen LogP contribution >= 0.6 is 0 Å². The molecule has 2 fully saturated rings. The molecule has 2 amide bonds. The quantitative estimate of drug-likeness (QED) is 0.462. The van der Waals surface area contributed by atoms with Crippen LogP contribution in [0, 0.1) is 0 Å². The number of ether oxygens (including phenoxy) is 3. The van der Waals surface area contributed by atoms with Gasteiger partial charge in [0, 0.05) is 31.9 Å². The van der Waals surface area contributed by atoms with Crippen LogP contribution in [0.4, 0.5) is 0 Å². The Morgan fingerprint density at radius 3 is 2.45 bits per heavy atom. The molecule has 0 radical (unpaired) electrons. The van der Waals surface area contributed by atoms with E-state index in [1.54, 1.807) is 36.4 Å². The van der Waals surface area contributed by atoms with Crippen LogP contribution in [0.1, 0.15) is 54.1 Å². The number of carbonyl (C=O) groups excluding carboxylic acids is 3. The first-order valence-corrected chi connectivity index (χ1v) is 15.2. The molecule has 40 heavy (non-hydrogen) atoms. The van der Waals surface area contributed by atoms with E-state index in [0.717, 1.165) is 19.3 Å². The van der Waals surface area contributed by atoms with Crippen molar-refractivity contribution in [1.82, 2.24) is 10.2 Å². The van der Waals surface area contributed by atoms with E-state index in [0.29, 0.717) is 30.9 Å². The summed E-state index contributed by atoms with van der Waals surface area (Å²) in [5.74, 6) is -1.16. The Morgan fingerprint density at radius 1 is 1.05 bits per heavy atom. The van der Waals surface area contributed by atoms with Gasteiger partial charge in [0.15, 0.2) is 15.6 Å². The second-order valence-electron chi connectivity index (χ2n) is 10.3. The van der Waals surface area contributed by atoms with Crippen molar-refractivity contribution in [3.05, 3.63) is 59.7 Å². The van der Waals surface area contributed by atoms with Crippen molar-refractivity contribution in [3.63, 3.8) is 0 Å². The number of benzene rings is 2. The van der Waals surface area contributed by atoms with E-state index in [4.69, 9.17) is 14.2 Å². The number of hydrogen-bond donors (Lipinski definition) is 1. The Hall–Kier alpha value is -3.28. The fourth-order valence-corrected chi connectivity index (χ4v) is 7.44. The highest BCUT2D eigenvalue weighted by Gasteiger charge is 2.47. The minimum atomic E-state index is -4.06. The molecule has 3 heterocycles. The van der Waals surface area contributed by atoms with E-state index in [-0.39, 0.29) is 35.8 Å². The van der Waals surface area contributed by atoms with Gasteiger partial charge in [-0.2, -0.15) is 0 Å². The molecule has 11 heteroatoms. The van der Waals surface area contributed by atoms with Crippen LogP contribution in [0.3, 0.4) is 0 Å². The number of fused-ring (bicyclic) bond motifs is 1. The summed E-state index contributed by atoms with van der Waals surface area (Å²) < 4.78 is 43.4. The fourth-order valence-electron chi connectivity index (χ4n) is 5.62. The van der Waals surface area contributed by atoms with Crippen LogP contribution in [0.5, 0.6) is 5.75 Å². The highest BCUT2D eigenvalue weighted by atomic mass is 32.2. The number of methoxy groups -OCH3 is 1. The lowest BCUT2D eigenvalue weighted by molar-refractivity contribution is -0.142. The highest BCUT2D eigenvalue weighted by molar-refractivity contribution is 7.93. The van der Waals surface area contributed by atoms with Gasteiger partial charge >= 0.3 is 0 Å². The van der Waals surface area contributed by atoms with Gasteiger partial charge in [-0.15, -0.1) is 0 Å². The van der Waals surface area contributed by atoms with Crippen LogP contribution in [0.2, 0.25) is 0 Å². The molecule has 1 N–H and O–H groups in total. The lowest BCUT2D eigenvalue weighted by Gasteiger charge is -2.34. The number of amides is 2. The standard InChI is InChI=1S/C29H34N2O8S/c1-37-20-8-4-7-19(15-20)27(29(34)30-17-21-9-5-13-38-21)31(18-22-10-6-14-39-22)26(32)16-25-28(33)23-11-2-3-12-24(23)40(25,35)36/h2-4,7-8,11-12,15,21-22,25,27H,5-6,9-10,13-14,16-18H2,1H3,(H,30,34)/t21-,22-,25+,27+/m0/s1. The smallest absolute Gasteiger partial charge is 0.247 e. The van der Waals surface area contributed by atoms with Gasteiger partial charge in [0.1, 0.15) is 17.0 Å². The van der Waals surface area contributed by atoms with E-state index in [9.17, 15) is 22.8 Å². The zero-order valence-electron chi connectivity index (χ0n) is 22.4. The van der Waals surface area contributed by atoms with Crippen LogP contribution in [-0.4, -0.2) is 81.8 Å². The summed E-state index contributed by atoms with van der Waals surface area (Å²) in [5, 5.41) is 1.38. The third-order valence-electron chi connectivity index (χ3n) is 7.73. The highest BCUT2D eigenvalue weighted by Crippen LogP contribution is 2.35. The monoisotopic (exact) mass is 570 g/mol. The minimum absolute atomic E-state index is 0.0675. The maximum Gasteiger partial charge on any atom is 0.247 e. The Bertz CT molecular complexity index is 1370. The molecule has 4 atom stereocenters. The molecule has 2 aromatic carbocycles. The lowest BCUT2D eigenvalue weighted by Crippen LogP contribution is -2.49. The lowest BCUT2D eigenvalue weighted by atomic mass is 10.0. The molecule has 214 valence electrons. The molecule has 0 bridgehead atoms. The normalized spacial score (nSPS) is 23.9. The van der Waals surface area contributed by atoms with Gasteiger partial charge in [0.05, 0.1) is 30.6 Å². The molecule has 0 spiro atoms. The third-order valence-corrected chi connectivity index (χ3v) is 9.83. The van der Waals surface area contributed by atoms with Gasteiger partial charge < -0.3 is 24.4 Å². The minimum Gasteiger partial charge on any atom is -0.497 e. The van der Waals surface area contributed by atoms with E-state index in [1.165, 1.54) is 24.1 Å². The van der Waals surface area contributed by atoms with Crippen molar-refractivity contribution >= 4 is 27.4 Å². The topological polar surface area (TPSA) is 128 Å². The molecule has 3 aliphatic rings. The van der Waals surface area contributed by atoms with Crippen molar-refractivity contribution in [3.8, 4) is 5.75 Å².